The molecule has 1 saturated heterocycles. The van der Waals surface area contributed by atoms with E-state index in [0.29, 0.717) is 29.4 Å². The topological polar surface area (TPSA) is 32.0 Å². The molecule has 25 heavy (non-hydrogen) atoms. The van der Waals surface area contributed by atoms with Gasteiger partial charge in [-0.3, -0.25) is 0 Å². The van der Waals surface area contributed by atoms with E-state index in [1.807, 2.05) is 24.3 Å². The summed E-state index contributed by atoms with van der Waals surface area (Å²) in [4.78, 5) is 3.35. The molecule has 0 bridgehead atoms. The lowest BCUT2D eigenvalue weighted by molar-refractivity contribution is -0.0390. The SMILES string of the molecule is [C-]#[N+]c1ccc(CF)c(Oc2ccc(COC3CCOCC3)cc2)c1. The van der Waals surface area contributed by atoms with Crippen molar-refractivity contribution in [2.45, 2.75) is 32.2 Å². The quantitative estimate of drug-likeness (QED) is 0.677. The summed E-state index contributed by atoms with van der Waals surface area (Å²) in [5.74, 6) is 0.980. The molecule has 0 amide bonds. The van der Waals surface area contributed by atoms with Crippen LogP contribution in [0.4, 0.5) is 10.1 Å². The first-order valence-corrected chi connectivity index (χ1v) is 8.31. The number of benzene rings is 2. The number of halogens is 1. The predicted molar refractivity (Wildman–Crippen MR) is 92.7 cm³/mol. The molecule has 0 atom stereocenters. The molecule has 0 aromatic heterocycles. The van der Waals surface area contributed by atoms with Crippen LogP contribution in [0.2, 0.25) is 0 Å². The first-order chi connectivity index (χ1) is 12.3. The summed E-state index contributed by atoms with van der Waals surface area (Å²) in [6.45, 7) is 8.50. The Labute approximate surface area is 147 Å². The molecule has 0 radical (unpaired) electrons. The lowest BCUT2D eigenvalue weighted by Crippen LogP contribution is -2.23. The van der Waals surface area contributed by atoms with Gasteiger partial charge in [0.1, 0.15) is 18.2 Å². The van der Waals surface area contributed by atoms with Crippen molar-refractivity contribution >= 4 is 5.69 Å². The van der Waals surface area contributed by atoms with Gasteiger partial charge < -0.3 is 14.2 Å². The second kappa shape index (κ2) is 8.61. The summed E-state index contributed by atoms with van der Waals surface area (Å²) < 4.78 is 30.0. The van der Waals surface area contributed by atoms with Gasteiger partial charge in [0, 0.05) is 18.8 Å². The van der Waals surface area contributed by atoms with Crippen molar-refractivity contribution < 1.29 is 18.6 Å². The summed E-state index contributed by atoms with van der Waals surface area (Å²) in [5, 5.41) is 0. The number of rotatable bonds is 6. The molecule has 4 nitrogen and oxygen atoms in total. The number of hydrogen-bond donors (Lipinski definition) is 0. The van der Waals surface area contributed by atoms with Crippen LogP contribution in [0.25, 0.3) is 4.85 Å². The van der Waals surface area contributed by atoms with Crippen molar-refractivity contribution in [2.24, 2.45) is 0 Å². The molecule has 0 aliphatic carbocycles. The maximum Gasteiger partial charge on any atom is 0.190 e. The lowest BCUT2D eigenvalue weighted by Gasteiger charge is -2.22. The van der Waals surface area contributed by atoms with Crippen molar-refractivity contribution in [1.82, 2.24) is 0 Å². The predicted octanol–water partition coefficient (Wildman–Crippen LogP) is 5.19. The van der Waals surface area contributed by atoms with Gasteiger partial charge in [0.2, 0.25) is 0 Å². The van der Waals surface area contributed by atoms with E-state index in [1.54, 1.807) is 18.2 Å². The monoisotopic (exact) mass is 341 g/mol. The number of nitrogens with zero attached hydrogens (tertiary/aromatic N) is 1. The fourth-order valence-electron chi connectivity index (χ4n) is 2.66. The maximum absolute atomic E-state index is 13.1. The normalized spacial score (nSPS) is 14.9. The standard InChI is InChI=1S/C20H20FNO3/c1-22-17-5-4-16(13-21)20(12-17)25-19-6-2-15(3-7-19)14-24-18-8-10-23-11-9-18/h2-7,12,18H,8-11,13-14H2. The molecule has 3 rings (SSSR count). The molecular weight excluding hydrogens is 321 g/mol. The second-order valence-corrected chi connectivity index (χ2v) is 5.91. The van der Waals surface area contributed by atoms with E-state index in [2.05, 4.69) is 4.85 Å². The van der Waals surface area contributed by atoms with E-state index >= 15 is 0 Å². The fourth-order valence-corrected chi connectivity index (χ4v) is 2.66. The molecule has 130 valence electrons. The first-order valence-electron chi connectivity index (χ1n) is 8.31. The largest absolute Gasteiger partial charge is 0.458 e. The molecule has 2 aromatic carbocycles. The molecule has 1 fully saturated rings. The van der Waals surface area contributed by atoms with Gasteiger partial charge in [-0.2, -0.15) is 0 Å². The van der Waals surface area contributed by atoms with E-state index < -0.39 is 6.67 Å². The number of alkyl halides is 1. The first kappa shape index (κ1) is 17.4. The Hall–Kier alpha value is -2.42. The fraction of sp³-hybridized carbons (Fsp3) is 0.350. The van der Waals surface area contributed by atoms with Gasteiger partial charge in [0.25, 0.3) is 0 Å². The van der Waals surface area contributed by atoms with Crippen molar-refractivity contribution in [3.05, 3.63) is 65.0 Å². The van der Waals surface area contributed by atoms with Crippen LogP contribution in [0.15, 0.2) is 42.5 Å². The molecule has 5 heteroatoms. The Morgan fingerprint density at radius 1 is 1.12 bits per heavy atom. The lowest BCUT2D eigenvalue weighted by atomic mass is 10.1. The highest BCUT2D eigenvalue weighted by atomic mass is 19.1. The highest BCUT2D eigenvalue weighted by molar-refractivity contribution is 5.53. The highest BCUT2D eigenvalue weighted by Gasteiger charge is 2.14. The number of hydrogen-bond acceptors (Lipinski definition) is 3. The number of ether oxygens (including phenoxy) is 3. The molecule has 0 spiro atoms. The molecule has 0 N–H and O–H groups in total. The molecule has 1 aliphatic heterocycles. The second-order valence-electron chi connectivity index (χ2n) is 5.91. The average molecular weight is 341 g/mol. The van der Waals surface area contributed by atoms with Crippen LogP contribution in [-0.4, -0.2) is 19.3 Å². The van der Waals surface area contributed by atoms with E-state index in [9.17, 15) is 4.39 Å². The zero-order valence-electron chi connectivity index (χ0n) is 13.9. The highest BCUT2D eigenvalue weighted by Crippen LogP contribution is 2.30. The Kier molecular flexibility index (Phi) is 5.99. The van der Waals surface area contributed by atoms with Crippen LogP contribution < -0.4 is 4.74 Å². The van der Waals surface area contributed by atoms with Crippen LogP contribution in [0.5, 0.6) is 11.5 Å². The van der Waals surface area contributed by atoms with E-state index in [4.69, 9.17) is 20.8 Å². The van der Waals surface area contributed by atoms with Crippen LogP contribution in [-0.2, 0) is 22.8 Å². The minimum Gasteiger partial charge on any atom is -0.458 e. The Morgan fingerprint density at radius 2 is 1.88 bits per heavy atom. The summed E-state index contributed by atoms with van der Waals surface area (Å²) in [5.41, 5.74) is 1.91. The summed E-state index contributed by atoms with van der Waals surface area (Å²) in [6, 6.07) is 12.3. The minimum absolute atomic E-state index is 0.258. The molecule has 1 heterocycles. The summed E-state index contributed by atoms with van der Waals surface area (Å²) >= 11 is 0. The van der Waals surface area contributed by atoms with Gasteiger partial charge in [-0.05, 0) is 36.6 Å². The molecular formula is C20H20FNO3. The maximum atomic E-state index is 13.1. The van der Waals surface area contributed by atoms with Crippen LogP contribution >= 0.6 is 0 Å². The van der Waals surface area contributed by atoms with Crippen LogP contribution in [0.3, 0.4) is 0 Å². The zero-order valence-corrected chi connectivity index (χ0v) is 13.9. The van der Waals surface area contributed by atoms with Crippen molar-refractivity contribution in [3.63, 3.8) is 0 Å². The Balaban J connectivity index is 1.61. The summed E-state index contributed by atoms with van der Waals surface area (Å²) in [6.07, 6.45) is 2.13. The van der Waals surface area contributed by atoms with Crippen LogP contribution in [0.1, 0.15) is 24.0 Å². The molecule has 0 saturated carbocycles. The average Bonchev–Trinajstić information content (AvgIpc) is 2.68. The van der Waals surface area contributed by atoms with Crippen LogP contribution in [0, 0.1) is 6.57 Å². The van der Waals surface area contributed by atoms with Gasteiger partial charge in [-0.15, -0.1) is 0 Å². The zero-order chi connectivity index (χ0) is 17.5. The van der Waals surface area contributed by atoms with Gasteiger partial charge in [-0.1, -0.05) is 24.3 Å². The Morgan fingerprint density at radius 3 is 2.56 bits per heavy atom. The minimum atomic E-state index is -0.634. The third-order valence-corrected chi connectivity index (χ3v) is 4.13. The van der Waals surface area contributed by atoms with Gasteiger partial charge in [0.15, 0.2) is 5.69 Å². The van der Waals surface area contributed by atoms with E-state index in [1.165, 1.54) is 0 Å². The summed E-state index contributed by atoms with van der Waals surface area (Å²) in [7, 11) is 0. The van der Waals surface area contributed by atoms with Gasteiger partial charge in [-0.25, -0.2) is 9.24 Å². The van der Waals surface area contributed by atoms with Crippen molar-refractivity contribution in [1.29, 1.82) is 0 Å². The van der Waals surface area contributed by atoms with Crippen molar-refractivity contribution in [2.75, 3.05) is 13.2 Å². The van der Waals surface area contributed by atoms with E-state index in [0.717, 1.165) is 31.6 Å². The molecule has 1 aliphatic rings. The van der Waals surface area contributed by atoms with Crippen molar-refractivity contribution in [3.8, 4) is 11.5 Å². The Bertz CT molecular complexity index is 734. The third kappa shape index (κ3) is 4.79. The van der Waals surface area contributed by atoms with Gasteiger partial charge in [0.05, 0.1) is 19.3 Å². The third-order valence-electron chi connectivity index (χ3n) is 4.13. The smallest absolute Gasteiger partial charge is 0.190 e. The molecule has 0 unspecified atom stereocenters. The molecule has 2 aromatic rings. The van der Waals surface area contributed by atoms with Gasteiger partial charge >= 0.3 is 0 Å². The van der Waals surface area contributed by atoms with E-state index in [-0.39, 0.29) is 6.10 Å².